The van der Waals surface area contributed by atoms with Crippen LogP contribution in [0.2, 0.25) is 0 Å². The highest BCUT2D eigenvalue weighted by atomic mass is 19.1. The summed E-state index contributed by atoms with van der Waals surface area (Å²) < 4.78 is 44.3. The number of hydrogen-bond donors (Lipinski definition) is 2. The average Bonchev–Trinajstić information content (AvgIpc) is 3.61. The molecule has 3 fully saturated rings. The van der Waals surface area contributed by atoms with Gasteiger partial charge in [0.1, 0.15) is 35.2 Å². The molecule has 3 aliphatic heterocycles. The number of ether oxygens (including phenoxy) is 2. The number of aliphatic hydroxyl groups is 1. The van der Waals surface area contributed by atoms with E-state index in [4.69, 9.17) is 14.5 Å². The number of aryl methyl sites for hydroxylation is 1. The van der Waals surface area contributed by atoms with Crippen LogP contribution < -0.4 is 9.64 Å². The molecule has 3 saturated heterocycles. The van der Waals surface area contributed by atoms with Crippen molar-refractivity contribution in [2.75, 3.05) is 37.7 Å². The maximum absolute atomic E-state index is 16.9. The van der Waals surface area contributed by atoms with Crippen LogP contribution in [0.15, 0.2) is 30.5 Å². The monoisotopic (exact) mass is 661 g/mol. The van der Waals surface area contributed by atoms with Crippen molar-refractivity contribution in [1.82, 2.24) is 19.9 Å². The zero-order valence-corrected chi connectivity index (χ0v) is 28.2. The highest BCUT2D eigenvalue weighted by Crippen LogP contribution is 2.44. The molecule has 3 atom stereocenters. The van der Waals surface area contributed by atoms with E-state index in [0.717, 1.165) is 38.6 Å². The van der Waals surface area contributed by atoms with Crippen LogP contribution in [0.4, 0.5) is 14.6 Å². The van der Waals surface area contributed by atoms with Gasteiger partial charge in [0.25, 0.3) is 0 Å². The summed E-state index contributed by atoms with van der Waals surface area (Å²) in [4.78, 5) is 18.5. The van der Waals surface area contributed by atoms with Gasteiger partial charge in [-0.05, 0) is 107 Å². The molecule has 4 aromatic rings. The van der Waals surface area contributed by atoms with Crippen molar-refractivity contribution in [2.45, 2.75) is 95.9 Å². The highest BCUT2D eigenvalue weighted by molar-refractivity contribution is 6.01. The smallest absolute Gasteiger partial charge is 0.319 e. The molecule has 0 bridgehead atoms. The van der Waals surface area contributed by atoms with Crippen molar-refractivity contribution in [3.05, 3.63) is 47.7 Å². The molecule has 48 heavy (non-hydrogen) atoms. The molecule has 0 spiro atoms. The number of pyridine rings is 1. The second-order valence-electron chi connectivity index (χ2n) is 14.4. The van der Waals surface area contributed by atoms with E-state index < -0.39 is 17.2 Å². The number of phenols is 1. The normalized spacial score (nSPS) is 24.7. The van der Waals surface area contributed by atoms with Crippen LogP contribution in [0, 0.1) is 11.6 Å². The van der Waals surface area contributed by atoms with Crippen LogP contribution in [0.1, 0.15) is 71.8 Å². The number of rotatable bonds is 9. The number of aromatic nitrogens is 3. The Balaban J connectivity index is 1.32. The van der Waals surface area contributed by atoms with Crippen molar-refractivity contribution in [1.29, 1.82) is 0 Å². The summed E-state index contributed by atoms with van der Waals surface area (Å²) in [6.45, 7) is 10.7. The van der Waals surface area contributed by atoms with E-state index in [1.54, 1.807) is 19.1 Å². The predicted octanol–water partition coefficient (Wildman–Crippen LogP) is 6.54. The first-order valence-corrected chi connectivity index (χ1v) is 17.3. The van der Waals surface area contributed by atoms with E-state index in [1.165, 1.54) is 18.3 Å². The number of phenolic OH excluding ortho intramolecular Hbond substituents is 1. The lowest BCUT2D eigenvalue weighted by molar-refractivity contribution is 0.0133. The molecule has 0 radical (unpaired) electrons. The Bertz CT molecular complexity index is 1850. The largest absolute Gasteiger partial charge is 0.508 e. The fourth-order valence-electron chi connectivity index (χ4n) is 8.24. The fourth-order valence-corrected chi connectivity index (χ4v) is 8.24. The molecule has 2 aromatic heterocycles. The van der Waals surface area contributed by atoms with Crippen molar-refractivity contribution in [3.8, 4) is 23.0 Å². The van der Waals surface area contributed by atoms with Crippen molar-refractivity contribution >= 4 is 27.5 Å². The standard InChI is InChI=1S/C37H45F2N5O4/c1-5-26-29(38)9-8-23-16-25(45)17-27(30(23)26)32-31(39)33-28(18-40-32)34(43-14-6-11-36(4,46)20-43)42-35(41-33)48-21-37-12-7-15-44(37)24(10-13-37)19-47-22(2)3/h8-9,16-18,22,24,45-46H,5-7,10-15,19-21H2,1-4H3/t24-,36+,37-/m0/s1. The molecule has 7 rings (SSSR count). The molecule has 3 aliphatic rings. The summed E-state index contributed by atoms with van der Waals surface area (Å²) in [6, 6.07) is 6.28. The number of fused-ring (bicyclic) bond motifs is 3. The van der Waals surface area contributed by atoms with Crippen LogP contribution in [0.3, 0.4) is 0 Å². The Kier molecular flexibility index (Phi) is 8.66. The second kappa shape index (κ2) is 12.7. The van der Waals surface area contributed by atoms with E-state index in [-0.39, 0.29) is 40.2 Å². The van der Waals surface area contributed by atoms with E-state index in [0.29, 0.717) is 72.7 Å². The van der Waals surface area contributed by atoms with Crippen LogP contribution >= 0.6 is 0 Å². The Hall–Kier alpha value is -3.67. The SMILES string of the molecule is CCc1c(F)ccc2cc(O)cc(-c3ncc4c(N5CCC[C@@](C)(O)C5)nc(OC[C@@]56CCCN5[C@H](COC(C)C)CC6)nc4c3F)c12. The summed E-state index contributed by atoms with van der Waals surface area (Å²) in [5.74, 6) is -0.745. The summed E-state index contributed by atoms with van der Waals surface area (Å²) in [5, 5.41) is 23.1. The first-order valence-electron chi connectivity index (χ1n) is 17.3. The first kappa shape index (κ1) is 32.9. The molecule has 2 N–H and O–H groups in total. The molecule has 0 aliphatic carbocycles. The minimum absolute atomic E-state index is 0.0200. The second-order valence-corrected chi connectivity index (χ2v) is 14.4. The highest BCUT2D eigenvalue weighted by Gasteiger charge is 2.50. The number of nitrogens with zero attached hydrogens (tertiary/aromatic N) is 5. The number of hydrogen-bond acceptors (Lipinski definition) is 9. The zero-order valence-electron chi connectivity index (χ0n) is 28.2. The Morgan fingerprint density at radius 2 is 1.90 bits per heavy atom. The Labute approximate surface area is 279 Å². The molecule has 11 heteroatoms. The fraction of sp³-hybridized carbons (Fsp3) is 0.541. The number of piperidine rings is 1. The van der Waals surface area contributed by atoms with Gasteiger partial charge >= 0.3 is 6.01 Å². The topological polar surface area (TPSA) is 104 Å². The Morgan fingerprint density at radius 1 is 1.08 bits per heavy atom. The van der Waals surface area contributed by atoms with Gasteiger partial charge < -0.3 is 24.6 Å². The minimum atomic E-state index is -0.941. The zero-order chi connectivity index (χ0) is 33.8. The first-order chi connectivity index (χ1) is 23.0. The van der Waals surface area contributed by atoms with E-state index in [2.05, 4.69) is 28.7 Å². The lowest BCUT2D eigenvalue weighted by atomic mass is 9.94. The summed E-state index contributed by atoms with van der Waals surface area (Å²) in [5.41, 5.74) is -0.433. The lowest BCUT2D eigenvalue weighted by Crippen LogP contribution is -2.48. The quantitative estimate of drug-likeness (QED) is 0.207. The van der Waals surface area contributed by atoms with Gasteiger partial charge in [0, 0.05) is 30.9 Å². The lowest BCUT2D eigenvalue weighted by Gasteiger charge is -2.38. The van der Waals surface area contributed by atoms with Gasteiger partial charge in [0.15, 0.2) is 5.82 Å². The molecule has 0 amide bonds. The molecular weight excluding hydrogens is 616 g/mol. The van der Waals surface area contributed by atoms with Crippen LogP contribution in [-0.4, -0.2) is 86.2 Å². The van der Waals surface area contributed by atoms with Gasteiger partial charge in [0.2, 0.25) is 0 Å². The molecule has 0 saturated carbocycles. The maximum atomic E-state index is 16.9. The van der Waals surface area contributed by atoms with Crippen molar-refractivity contribution < 1.29 is 28.5 Å². The summed E-state index contributed by atoms with van der Waals surface area (Å²) in [7, 11) is 0. The number of β-amino-alcohol motifs (C(OH)–C–C–N with tert-alkyl or cyclic N) is 1. The molecule has 2 aromatic carbocycles. The molecule has 5 heterocycles. The van der Waals surface area contributed by atoms with Crippen LogP contribution in [-0.2, 0) is 11.2 Å². The summed E-state index contributed by atoms with van der Waals surface area (Å²) >= 11 is 0. The van der Waals surface area contributed by atoms with E-state index >= 15 is 8.78 Å². The van der Waals surface area contributed by atoms with Gasteiger partial charge in [-0.2, -0.15) is 9.97 Å². The molecule has 0 unspecified atom stereocenters. The van der Waals surface area contributed by atoms with Gasteiger partial charge in [-0.1, -0.05) is 13.0 Å². The number of halogens is 2. The molecular formula is C37H45F2N5O4. The van der Waals surface area contributed by atoms with Gasteiger partial charge in [-0.3, -0.25) is 9.88 Å². The van der Waals surface area contributed by atoms with Crippen molar-refractivity contribution in [2.24, 2.45) is 0 Å². The predicted molar refractivity (Wildman–Crippen MR) is 182 cm³/mol. The third kappa shape index (κ3) is 5.94. The van der Waals surface area contributed by atoms with E-state index in [9.17, 15) is 10.2 Å². The number of anilines is 1. The molecule has 9 nitrogen and oxygen atoms in total. The van der Waals surface area contributed by atoms with Crippen LogP contribution in [0.5, 0.6) is 11.8 Å². The van der Waals surface area contributed by atoms with Gasteiger partial charge in [0.05, 0.1) is 29.2 Å². The van der Waals surface area contributed by atoms with Gasteiger partial charge in [-0.25, -0.2) is 8.78 Å². The minimum Gasteiger partial charge on any atom is -0.508 e. The van der Waals surface area contributed by atoms with Crippen LogP contribution in [0.25, 0.3) is 32.9 Å². The number of benzene rings is 2. The van der Waals surface area contributed by atoms with E-state index in [1.807, 2.05) is 11.8 Å². The van der Waals surface area contributed by atoms with Gasteiger partial charge in [-0.15, -0.1) is 0 Å². The number of aromatic hydroxyl groups is 1. The Morgan fingerprint density at radius 3 is 2.67 bits per heavy atom. The maximum Gasteiger partial charge on any atom is 0.319 e. The van der Waals surface area contributed by atoms with Crippen molar-refractivity contribution in [3.63, 3.8) is 0 Å². The summed E-state index contributed by atoms with van der Waals surface area (Å²) in [6.07, 6.45) is 7.50. The third-order valence-electron chi connectivity index (χ3n) is 10.5. The third-order valence-corrected chi connectivity index (χ3v) is 10.5. The molecule has 256 valence electrons. The average molecular weight is 662 g/mol.